The Kier molecular flexibility index (Phi) is 3.68. The van der Waals surface area contributed by atoms with Crippen LogP contribution in [0.5, 0.6) is 0 Å². The molecule has 0 unspecified atom stereocenters. The van der Waals surface area contributed by atoms with Crippen molar-refractivity contribution in [3.8, 4) is 11.4 Å². The van der Waals surface area contributed by atoms with Crippen molar-refractivity contribution in [3.63, 3.8) is 0 Å². The van der Waals surface area contributed by atoms with E-state index in [-0.39, 0.29) is 5.91 Å². The van der Waals surface area contributed by atoms with E-state index in [2.05, 4.69) is 35.9 Å². The van der Waals surface area contributed by atoms with Crippen LogP contribution in [0.3, 0.4) is 0 Å². The van der Waals surface area contributed by atoms with Crippen LogP contribution in [0.4, 0.5) is 0 Å². The summed E-state index contributed by atoms with van der Waals surface area (Å²) in [5.74, 6) is 0.226. The average Bonchev–Trinajstić information content (AvgIpc) is 3.20. The molecule has 1 amide bonds. The molecule has 8 nitrogen and oxygen atoms in total. The molecular weight excluding hydrogens is 270 g/mol. The summed E-state index contributed by atoms with van der Waals surface area (Å²) in [6.45, 7) is 0.515. The van der Waals surface area contributed by atoms with Crippen molar-refractivity contribution in [2.75, 3.05) is 6.54 Å². The fourth-order valence-corrected chi connectivity index (χ4v) is 1.98. The summed E-state index contributed by atoms with van der Waals surface area (Å²) < 4.78 is 0. The monoisotopic (exact) mass is 283 g/mol. The van der Waals surface area contributed by atoms with E-state index in [9.17, 15) is 4.79 Å². The van der Waals surface area contributed by atoms with Gasteiger partial charge in [-0.05, 0) is 11.3 Å². The Morgan fingerprint density at radius 2 is 2.19 bits per heavy atom. The van der Waals surface area contributed by atoms with Crippen LogP contribution < -0.4 is 5.32 Å². The number of imidazole rings is 1. The van der Waals surface area contributed by atoms with E-state index < -0.39 is 0 Å². The van der Waals surface area contributed by atoms with Gasteiger partial charge in [-0.25, -0.2) is 4.98 Å². The molecule has 1 aromatic carbocycles. The highest BCUT2D eigenvalue weighted by molar-refractivity contribution is 6.00. The summed E-state index contributed by atoms with van der Waals surface area (Å²) >= 11 is 0. The number of amides is 1. The van der Waals surface area contributed by atoms with Gasteiger partial charge >= 0.3 is 0 Å². The average molecular weight is 283 g/mol. The van der Waals surface area contributed by atoms with Gasteiger partial charge < -0.3 is 10.3 Å². The minimum Gasteiger partial charge on any atom is -0.352 e. The fourth-order valence-electron chi connectivity index (χ4n) is 1.98. The number of tetrazole rings is 1. The number of nitrogens with one attached hydrogen (secondary N) is 3. The normalized spacial score (nSPS) is 10.5. The number of H-pyrrole nitrogens is 2. The molecule has 3 rings (SSSR count). The maximum absolute atomic E-state index is 12.3. The predicted molar refractivity (Wildman–Crippen MR) is 74.2 cm³/mol. The number of rotatable bonds is 5. The second-order valence-corrected chi connectivity index (χ2v) is 4.36. The first-order valence-electron chi connectivity index (χ1n) is 6.43. The third-order valence-corrected chi connectivity index (χ3v) is 2.99. The van der Waals surface area contributed by atoms with E-state index in [1.165, 1.54) is 0 Å². The standard InChI is InChI=1S/C13H13N7O/c21-13(15-6-5-9-7-14-8-16-9)11-4-2-1-3-10(11)12-17-19-20-18-12/h1-4,7-8H,5-6H2,(H,14,16)(H,15,21)(H,17,18,19,20). The lowest BCUT2D eigenvalue weighted by molar-refractivity contribution is 0.0954. The molecule has 0 fully saturated rings. The summed E-state index contributed by atoms with van der Waals surface area (Å²) in [7, 11) is 0. The number of hydrogen-bond acceptors (Lipinski definition) is 5. The molecule has 0 aliphatic heterocycles. The minimum atomic E-state index is -0.171. The van der Waals surface area contributed by atoms with E-state index in [4.69, 9.17) is 0 Å². The van der Waals surface area contributed by atoms with Gasteiger partial charge in [-0.2, -0.15) is 5.21 Å². The molecule has 0 saturated carbocycles. The van der Waals surface area contributed by atoms with Gasteiger partial charge in [0.25, 0.3) is 5.91 Å². The lowest BCUT2D eigenvalue weighted by atomic mass is 10.1. The van der Waals surface area contributed by atoms with Crippen LogP contribution in [0, 0.1) is 0 Å². The van der Waals surface area contributed by atoms with E-state index in [1.54, 1.807) is 30.7 Å². The molecule has 0 aliphatic rings. The number of carbonyl (C=O) groups excluding carboxylic acids is 1. The highest BCUT2D eigenvalue weighted by atomic mass is 16.1. The number of aromatic nitrogens is 6. The largest absolute Gasteiger partial charge is 0.352 e. The summed E-state index contributed by atoms with van der Waals surface area (Å²) in [5.41, 5.74) is 2.13. The van der Waals surface area contributed by atoms with Gasteiger partial charge in [0.15, 0.2) is 0 Å². The Morgan fingerprint density at radius 1 is 1.29 bits per heavy atom. The van der Waals surface area contributed by atoms with Crippen LogP contribution in [-0.2, 0) is 6.42 Å². The van der Waals surface area contributed by atoms with Crippen molar-refractivity contribution >= 4 is 5.91 Å². The molecule has 0 radical (unpaired) electrons. The van der Waals surface area contributed by atoms with Crippen LogP contribution in [-0.4, -0.2) is 43.0 Å². The Labute approximate surface area is 120 Å². The molecule has 106 valence electrons. The van der Waals surface area contributed by atoms with Crippen LogP contribution in [0.1, 0.15) is 16.1 Å². The summed E-state index contributed by atoms with van der Waals surface area (Å²) in [5, 5.41) is 16.6. The van der Waals surface area contributed by atoms with Gasteiger partial charge in [0.05, 0.1) is 11.9 Å². The minimum absolute atomic E-state index is 0.171. The van der Waals surface area contributed by atoms with Crippen molar-refractivity contribution in [2.45, 2.75) is 6.42 Å². The Balaban J connectivity index is 1.70. The zero-order valence-electron chi connectivity index (χ0n) is 11.1. The highest BCUT2D eigenvalue weighted by Crippen LogP contribution is 2.18. The Bertz CT molecular complexity index is 706. The molecule has 21 heavy (non-hydrogen) atoms. The van der Waals surface area contributed by atoms with E-state index in [0.717, 1.165) is 5.69 Å². The molecule has 2 heterocycles. The first-order valence-corrected chi connectivity index (χ1v) is 6.43. The lowest BCUT2D eigenvalue weighted by Crippen LogP contribution is -2.26. The topological polar surface area (TPSA) is 112 Å². The number of aromatic amines is 2. The molecule has 0 atom stereocenters. The molecule has 3 N–H and O–H groups in total. The molecular formula is C13H13N7O. The molecule has 0 aliphatic carbocycles. The molecule has 3 aromatic rings. The number of benzene rings is 1. The van der Waals surface area contributed by atoms with Crippen molar-refractivity contribution < 1.29 is 4.79 Å². The first kappa shape index (κ1) is 13.0. The molecule has 0 spiro atoms. The number of carbonyl (C=O) groups is 1. The lowest BCUT2D eigenvalue weighted by Gasteiger charge is -2.07. The van der Waals surface area contributed by atoms with Crippen molar-refractivity contribution in [3.05, 3.63) is 48.0 Å². The fraction of sp³-hybridized carbons (Fsp3) is 0.154. The van der Waals surface area contributed by atoms with Crippen molar-refractivity contribution in [1.29, 1.82) is 0 Å². The third-order valence-electron chi connectivity index (χ3n) is 2.99. The summed E-state index contributed by atoms with van der Waals surface area (Å²) in [4.78, 5) is 19.2. The van der Waals surface area contributed by atoms with Gasteiger partial charge in [0.2, 0.25) is 5.82 Å². The van der Waals surface area contributed by atoms with E-state index in [1.807, 2.05) is 6.07 Å². The third kappa shape index (κ3) is 2.94. The van der Waals surface area contributed by atoms with Gasteiger partial charge in [-0.15, -0.1) is 10.2 Å². The molecule has 0 saturated heterocycles. The van der Waals surface area contributed by atoms with Crippen molar-refractivity contribution in [2.24, 2.45) is 0 Å². The van der Waals surface area contributed by atoms with Gasteiger partial charge in [0.1, 0.15) is 0 Å². The van der Waals surface area contributed by atoms with E-state index in [0.29, 0.717) is 29.9 Å². The first-order chi connectivity index (χ1) is 10.3. The smallest absolute Gasteiger partial charge is 0.252 e. The second-order valence-electron chi connectivity index (χ2n) is 4.36. The maximum Gasteiger partial charge on any atom is 0.252 e. The number of nitrogens with zero attached hydrogens (tertiary/aromatic N) is 4. The van der Waals surface area contributed by atoms with Gasteiger partial charge in [-0.3, -0.25) is 4.79 Å². The predicted octanol–water partition coefficient (Wildman–Crippen LogP) is 0.562. The molecule has 8 heteroatoms. The molecule has 0 bridgehead atoms. The van der Waals surface area contributed by atoms with Crippen LogP contribution in [0.15, 0.2) is 36.8 Å². The highest BCUT2D eigenvalue weighted by Gasteiger charge is 2.14. The van der Waals surface area contributed by atoms with Crippen molar-refractivity contribution in [1.82, 2.24) is 35.9 Å². The zero-order valence-corrected chi connectivity index (χ0v) is 11.1. The van der Waals surface area contributed by atoms with Crippen LogP contribution in [0.2, 0.25) is 0 Å². The molecule has 2 aromatic heterocycles. The number of hydrogen-bond donors (Lipinski definition) is 3. The van der Waals surface area contributed by atoms with E-state index >= 15 is 0 Å². The summed E-state index contributed by atoms with van der Waals surface area (Å²) in [6, 6.07) is 7.15. The second kappa shape index (κ2) is 5.95. The summed E-state index contributed by atoms with van der Waals surface area (Å²) in [6.07, 6.45) is 4.04. The quantitative estimate of drug-likeness (QED) is 0.633. The zero-order chi connectivity index (χ0) is 14.5. The Morgan fingerprint density at radius 3 is 2.95 bits per heavy atom. The van der Waals surface area contributed by atoms with Crippen LogP contribution >= 0.6 is 0 Å². The maximum atomic E-state index is 12.3. The van der Waals surface area contributed by atoms with Gasteiger partial charge in [0, 0.05) is 30.4 Å². The SMILES string of the molecule is O=C(NCCc1cnc[nH]1)c1ccccc1-c1nn[nH]n1. The van der Waals surface area contributed by atoms with Crippen LogP contribution in [0.25, 0.3) is 11.4 Å². The van der Waals surface area contributed by atoms with Gasteiger partial charge in [-0.1, -0.05) is 18.2 Å². The Hall–Kier alpha value is -3.03.